The molecule has 1 aliphatic rings. The molecule has 0 radical (unpaired) electrons. The van der Waals surface area contributed by atoms with E-state index in [4.69, 9.17) is 13.7 Å². The third-order valence-electron chi connectivity index (χ3n) is 4.77. The third-order valence-corrected chi connectivity index (χ3v) is 4.77. The first-order valence-electron chi connectivity index (χ1n) is 8.22. The van der Waals surface area contributed by atoms with Gasteiger partial charge < -0.3 is 18.5 Å². The second-order valence-corrected chi connectivity index (χ2v) is 7.20. The summed E-state index contributed by atoms with van der Waals surface area (Å²) in [6.07, 6.45) is -4.33. The SMILES string of the molecule is CC1(C)OB(c2ccc(OC(F)(F)F)cc2-c2ccc(C=O)o2)OC1(C)C. The zero-order valence-corrected chi connectivity index (χ0v) is 15.2. The number of halogens is 3. The summed E-state index contributed by atoms with van der Waals surface area (Å²) in [5.74, 6) is -0.164. The Morgan fingerprint density at radius 1 is 1.04 bits per heavy atom. The second kappa shape index (κ2) is 6.42. The van der Waals surface area contributed by atoms with Crippen molar-refractivity contribution < 1.29 is 36.4 Å². The average Bonchev–Trinajstić information content (AvgIpc) is 3.08. The molecule has 1 aromatic heterocycles. The Morgan fingerprint density at radius 2 is 1.67 bits per heavy atom. The molecule has 0 spiro atoms. The van der Waals surface area contributed by atoms with Gasteiger partial charge in [0.1, 0.15) is 11.5 Å². The van der Waals surface area contributed by atoms with Gasteiger partial charge in [-0.25, -0.2) is 0 Å². The molecule has 1 fully saturated rings. The summed E-state index contributed by atoms with van der Waals surface area (Å²) < 4.78 is 59.2. The second-order valence-electron chi connectivity index (χ2n) is 7.20. The van der Waals surface area contributed by atoms with E-state index in [-0.39, 0.29) is 17.1 Å². The molecule has 1 saturated heterocycles. The van der Waals surface area contributed by atoms with E-state index in [9.17, 15) is 18.0 Å². The van der Waals surface area contributed by atoms with E-state index in [0.29, 0.717) is 11.7 Å². The molecule has 0 atom stereocenters. The van der Waals surface area contributed by atoms with Crippen molar-refractivity contribution in [3.05, 3.63) is 36.1 Å². The summed E-state index contributed by atoms with van der Waals surface area (Å²) in [5.41, 5.74) is -0.515. The number of furan rings is 1. The molecule has 0 bridgehead atoms. The van der Waals surface area contributed by atoms with Crippen LogP contribution in [-0.4, -0.2) is 31.0 Å². The van der Waals surface area contributed by atoms with Gasteiger partial charge in [-0.1, -0.05) is 6.07 Å². The van der Waals surface area contributed by atoms with Crippen LogP contribution in [0.5, 0.6) is 5.75 Å². The molecule has 144 valence electrons. The van der Waals surface area contributed by atoms with Crippen molar-refractivity contribution in [2.75, 3.05) is 0 Å². The van der Waals surface area contributed by atoms with E-state index < -0.39 is 30.4 Å². The molecule has 9 heteroatoms. The number of rotatable bonds is 4. The quantitative estimate of drug-likeness (QED) is 0.592. The maximum Gasteiger partial charge on any atom is 0.573 e. The van der Waals surface area contributed by atoms with Crippen LogP contribution in [0.3, 0.4) is 0 Å². The van der Waals surface area contributed by atoms with Crippen molar-refractivity contribution in [1.82, 2.24) is 0 Å². The van der Waals surface area contributed by atoms with Gasteiger partial charge in [-0.15, -0.1) is 13.2 Å². The monoisotopic (exact) mass is 382 g/mol. The lowest BCUT2D eigenvalue weighted by molar-refractivity contribution is -0.274. The minimum absolute atomic E-state index is 0.0482. The number of aldehydes is 1. The van der Waals surface area contributed by atoms with Crippen molar-refractivity contribution in [2.24, 2.45) is 0 Å². The Kier molecular flexibility index (Phi) is 4.64. The molecule has 0 unspecified atom stereocenters. The molecular weight excluding hydrogens is 364 g/mol. The summed E-state index contributed by atoms with van der Waals surface area (Å²) in [6.45, 7) is 7.47. The van der Waals surface area contributed by atoms with Crippen LogP contribution in [0.2, 0.25) is 0 Å². The number of hydrogen-bond acceptors (Lipinski definition) is 5. The molecule has 5 nitrogen and oxygen atoms in total. The molecule has 0 saturated carbocycles. The molecule has 0 aliphatic carbocycles. The van der Waals surface area contributed by atoms with Crippen LogP contribution in [0.4, 0.5) is 13.2 Å². The van der Waals surface area contributed by atoms with Crippen molar-refractivity contribution >= 4 is 18.9 Å². The lowest BCUT2D eigenvalue weighted by Gasteiger charge is -2.32. The van der Waals surface area contributed by atoms with Crippen LogP contribution in [-0.2, 0) is 9.31 Å². The lowest BCUT2D eigenvalue weighted by atomic mass is 9.75. The molecular formula is C18H18BF3O5. The van der Waals surface area contributed by atoms with E-state index in [0.717, 1.165) is 0 Å². The smallest absolute Gasteiger partial charge is 0.453 e. The highest BCUT2D eigenvalue weighted by Gasteiger charge is 2.52. The highest BCUT2D eigenvalue weighted by molar-refractivity contribution is 6.63. The summed E-state index contributed by atoms with van der Waals surface area (Å²) >= 11 is 0. The number of hydrogen-bond donors (Lipinski definition) is 0. The van der Waals surface area contributed by atoms with Crippen molar-refractivity contribution in [1.29, 1.82) is 0 Å². The first-order valence-corrected chi connectivity index (χ1v) is 8.22. The number of benzene rings is 1. The topological polar surface area (TPSA) is 57.9 Å². The lowest BCUT2D eigenvalue weighted by Crippen LogP contribution is -2.41. The van der Waals surface area contributed by atoms with Crippen LogP contribution in [0.1, 0.15) is 38.2 Å². The fourth-order valence-electron chi connectivity index (χ4n) is 2.68. The average molecular weight is 382 g/mol. The van der Waals surface area contributed by atoms with Crippen molar-refractivity contribution in [2.45, 2.75) is 45.3 Å². The van der Waals surface area contributed by atoms with E-state index in [1.54, 1.807) is 0 Å². The van der Waals surface area contributed by atoms with E-state index >= 15 is 0 Å². The maximum absolute atomic E-state index is 12.6. The number of ether oxygens (including phenoxy) is 1. The predicted molar refractivity (Wildman–Crippen MR) is 91.9 cm³/mol. The Hall–Kier alpha value is -2.26. The van der Waals surface area contributed by atoms with E-state index in [1.165, 1.54) is 30.3 Å². The molecule has 1 aliphatic heterocycles. The minimum atomic E-state index is -4.83. The van der Waals surface area contributed by atoms with Crippen LogP contribution in [0.15, 0.2) is 34.7 Å². The molecule has 2 aromatic rings. The fourth-order valence-corrected chi connectivity index (χ4v) is 2.68. The van der Waals surface area contributed by atoms with Gasteiger partial charge >= 0.3 is 13.5 Å². The molecule has 27 heavy (non-hydrogen) atoms. The Labute approximate surface area is 154 Å². The Morgan fingerprint density at radius 3 is 2.19 bits per heavy atom. The summed E-state index contributed by atoms with van der Waals surface area (Å²) in [4.78, 5) is 10.9. The standard InChI is InChI=1S/C18H18BF3O5/c1-16(2)17(3,4)27-19(26-16)14-7-5-11(25-18(20,21)22)9-13(14)15-8-6-12(10-23)24-15/h5-10H,1-4H3. The first kappa shape index (κ1) is 19.5. The van der Waals surface area contributed by atoms with Gasteiger partial charge in [0.2, 0.25) is 0 Å². The molecule has 0 amide bonds. The zero-order chi connectivity index (χ0) is 20.0. The third kappa shape index (κ3) is 3.89. The summed E-state index contributed by atoms with van der Waals surface area (Å²) in [6, 6.07) is 6.71. The van der Waals surface area contributed by atoms with Crippen LogP contribution in [0, 0.1) is 0 Å². The van der Waals surface area contributed by atoms with Gasteiger partial charge in [-0.3, -0.25) is 4.79 Å². The molecule has 0 N–H and O–H groups in total. The molecule has 1 aromatic carbocycles. The minimum Gasteiger partial charge on any atom is -0.453 e. The number of carbonyl (C=O) groups excluding carboxylic acids is 1. The Bertz CT molecular complexity index is 841. The molecule has 3 rings (SSSR count). The number of carbonyl (C=O) groups is 1. The first-order chi connectivity index (χ1) is 12.4. The Balaban J connectivity index is 2.06. The van der Waals surface area contributed by atoms with Gasteiger partial charge in [0.25, 0.3) is 0 Å². The van der Waals surface area contributed by atoms with Gasteiger partial charge in [-0.05, 0) is 57.4 Å². The van der Waals surface area contributed by atoms with Gasteiger partial charge in [0, 0.05) is 5.56 Å². The normalized spacial score (nSPS) is 18.6. The molecule has 2 heterocycles. The van der Waals surface area contributed by atoms with Crippen LogP contribution < -0.4 is 10.2 Å². The highest BCUT2D eigenvalue weighted by Crippen LogP contribution is 2.38. The fraction of sp³-hybridized carbons (Fsp3) is 0.389. The van der Waals surface area contributed by atoms with Crippen molar-refractivity contribution in [3.8, 4) is 17.1 Å². The number of alkyl halides is 3. The van der Waals surface area contributed by atoms with E-state index in [1.807, 2.05) is 27.7 Å². The summed E-state index contributed by atoms with van der Waals surface area (Å²) in [7, 11) is -0.824. The highest BCUT2D eigenvalue weighted by atomic mass is 19.4. The van der Waals surface area contributed by atoms with Gasteiger partial charge in [0.15, 0.2) is 12.0 Å². The zero-order valence-electron chi connectivity index (χ0n) is 15.2. The van der Waals surface area contributed by atoms with Gasteiger partial charge in [0.05, 0.1) is 11.2 Å². The summed E-state index contributed by atoms with van der Waals surface area (Å²) in [5, 5.41) is 0. The van der Waals surface area contributed by atoms with E-state index in [2.05, 4.69) is 4.74 Å². The largest absolute Gasteiger partial charge is 0.573 e. The van der Waals surface area contributed by atoms with Crippen LogP contribution >= 0.6 is 0 Å². The van der Waals surface area contributed by atoms with Crippen LogP contribution in [0.25, 0.3) is 11.3 Å². The van der Waals surface area contributed by atoms with Crippen molar-refractivity contribution in [3.63, 3.8) is 0 Å². The predicted octanol–water partition coefficient (Wildman–Crippen LogP) is 3.96. The van der Waals surface area contributed by atoms with Gasteiger partial charge in [-0.2, -0.15) is 0 Å². The maximum atomic E-state index is 12.6.